The molecular weight excluding hydrogens is 192 g/mol. The van der Waals surface area contributed by atoms with Crippen molar-refractivity contribution in [2.75, 3.05) is 0 Å². The topological polar surface area (TPSA) is 0 Å². The number of rotatable bonds is 2. The van der Waals surface area contributed by atoms with Crippen LogP contribution in [-0.4, -0.2) is 0 Å². The van der Waals surface area contributed by atoms with Gasteiger partial charge in [0.05, 0.1) is 0 Å². The van der Waals surface area contributed by atoms with E-state index in [-0.39, 0.29) is 0 Å². The fraction of sp³-hybridized carbons (Fsp3) is 0.385. The van der Waals surface area contributed by atoms with E-state index >= 15 is 0 Å². The molecule has 0 aliphatic carbocycles. The highest BCUT2D eigenvalue weighted by atomic mass is 35.5. The van der Waals surface area contributed by atoms with Crippen LogP contribution in [0.5, 0.6) is 0 Å². The summed E-state index contributed by atoms with van der Waals surface area (Å²) in [4.78, 5) is 0. The maximum atomic E-state index is 5.99. The van der Waals surface area contributed by atoms with Gasteiger partial charge in [-0.25, -0.2) is 0 Å². The molecule has 74 valence electrons. The van der Waals surface area contributed by atoms with Crippen LogP contribution < -0.4 is 0 Å². The molecule has 0 spiro atoms. The van der Waals surface area contributed by atoms with Gasteiger partial charge in [0.25, 0.3) is 0 Å². The van der Waals surface area contributed by atoms with E-state index in [1.807, 2.05) is 25.1 Å². The Hall–Kier alpha value is -0.930. The minimum absolute atomic E-state index is 0.798. The number of hydrogen-bond acceptors (Lipinski definition) is 0. The average Bonchev–Trinajstić information content (AvgIpc) is 2.18. The van der Waals surface area contributed by atoms with E-state index in [0.29, 0.717) is 0 Å². The summed E-state index contributed by atoms with van der Waals surface area (Å²) in [7, 11) is 0. The molecule has 0 saturated heterocycles. The summed E-state index contributed by atoms with van der Waals surface area (Å²) in [6.45, 7) is 4.17. The van der Waals surface area contributed by atoms with E-state index in [1.54, 1.807) is 0 Å². The monoisotopic (exact) mass is 206 g/mol. The van der Waals surface area contributed by atoms with Gasteiger partial charge in [-0.2, -0.15) is 0 Å². The van der Waals surface area contributed by atoms with Gasteiger partial charge >= 0.3 is 0 Å². The number of halogens is 1. The summed E-state index contributed by atoms with van der Waals surface area (Å²) < 4.78 is 0. The molecular formula is C13H15Cl. The molecule has 0 saturated carbocycles. The van der Waals surface area contributed by atoms with Gasteiger partial charge in [0.15, 0.2) is 0 Å². The number of unbranched alkanes of at least 4 members (excludes halogenated alkanes) is 2. The predicted octanol–water partition coefficient (Wildman–Crippen LogP) is 4.19. The Kier molecular flexibility index (Phi) is 4.56. The average molecular weight is 207 g/mol. The van der Waals surface area contributed by atoms with E-state index in [0.717, 1.165) is 22.6 Å². The smallest absolute Gasteiger partial charge is 0.0447 e. The standard InChI is InChI=1S/C13H15Cl/c1-3-4-5-6-7-12-9-8-11(2)13(14)10-12/h8-10H,3-5H2,1-2H3. The lowest BCUT2D eigenvalue weighted by atomic mass is 10.1. The van der Waals surface area contributed by atoms with E-state index < -0.39 is 0 Å². The zero-order valence-electron chi connectivity index (χ0n) is 8.73. The highest BCUT2D eigenvalue weighted by Crippen LogP contribution is 2.15. The van der Waals surface area contributed by atoms with Crippen molar-refractivity contribution in [2.24, 2.45) is 0 Å². The molecule has 0 heterocycles. The van der Waals surface area contributed by atoms with Gasteiger partial charge < -0.3 is 0 Å². The van der Waals surface area contributed by atoms with Crippen LogP contribution in [0.4, 0.5) is 0 Å². The van der Waals surface area contributed by atoms with Gasteiger partial charge in [0.2, 0.25) is 0 Å². The largest absolute Gasteiger partial charge is 0.0979 e. The fourth-order valence-corrected chi connectivity index (χ4v) is 1.28. The highest BCUT2D eigenvalue weighted by Gasteiger charge is 1.94. The van der Waals surface area contributed by atoms with Gasteiger partial charge in [0, 0.05) is 17.0 Å². The minimum Gasteiger partial charge on any atom is -0.0979 e. The first-order valence-corrected chi connectivity index (χ1v) is 5.37. The van der Waals surface area contributed by atoms with Crippen LogP contribution in [0.3, 0.4) is 0 Å². The maximum absolute atomic E-state index is 5.99. The molecule has 1 heteroatoms. The zero-order valence-corrected chi connectivity index (χ0v) is 9.49. The Morgan fingerprint density at radius 1 is 1.36 bits per heavy atom. The van der Waals surface area contributed by atoms with Crippen LogP contribution in [0, 0.1) is 18.8 Å². The Balaban J connectivity index is 2.66. The molecule has 0 fully saturated rings. The lowest BCUT2D eigenvalue weighted by molar-refractivity contribution is 0.828. The van der Waals surface area contributed by atoms with Gasteiger partial charge in [-0.15, -0.1) is 0 Å². The Morgan fingerprint density at radius 3 is 2.79 bits per heavy atom. The molecule has 0 N–H and O–H groups in total. The molecule has 14 heavy (non-hydrogen) atoms. The van der Waals surface area contributed by atoms with Crippen molar-refractivity contribution >= 4 is 11.6 Å². The van der Waals surface area contributed by atoms with Crippen molar-refractivity contribution in [2.45, 2.75) is 33.1 Å². The Bertz CT molecular complexity index is 355. The lowest BCUT2D eigenvalue weighted by Gasteiger charge is -1.96. The Morgan fingerprint density at radius 2 is 2.14 bits per heavy atom. The lowest BCUT2D eigenvalue weighted by Crippen LogP contribution is -1.78. The van der Waals surface area contributed by atoms with Gasteiger partial charge in [-0.1, -0.05) is 42.9 Å². The van der Waals surface area contributed by atoms with Crippen LogP contribution in [0.2, 0.25) is 5.02 Å². The summed E-state index contributed by atoms with van der Waals surface area (Å²) in [6, 6.07) is 5.95. The molecule has 0 aromatic heterocycles. The first-order chi connectivity index (χ1) is 6.74. The third kappa shape index (κ3) is 3.44. The molecule has 0 aliphatic rings. The molecule has 0 radical (unpaired) electrons. The number of hydrogen-bond donors (Lipinski definition) is 0. The molecule has 1 aromatic rings. The summed E-state index contributed by atoms with van der Waals surface area (Å²) >= 11 is 5.99. The van der Waals surface area contributed by atoms with Crippen LogP contribution in [0.15, 0.2) is 18.2 Å². The molecule has 0 atom stereocenters. The van der Waals surface area contributed by atoms with E-state index in [1.165, 1.54) is 12.8 Å². The third-order valence-corrected chi connectivity index (χ3v) is 2.47. The summed E-state index contributed by atoms with van der Waals surface area (Å²) in [5, 5.41) is 0.798. The van der Waals surface area contributed by atoms with Crippen LogP contribution in [-0.2, 0) is 0 Å². The number of benzene rings is 1. The summed E-state index contributed by atoms with van der Waals surface area (Å²) in [5.74, 6) is 6.25. The molecule has 0 unspecified atom stereocenters. The summed E-state index contributed by atoms with van der Waals surface area (Å²) in [6.07, 6.45) is 3.35. The van der Waals surface area contributed by atoms with Crippen molar-refractivity contribution in [1.82, 2.24) is 0 Å². The molecule has 0 aliphatic heterocycles. The van der Waals surface area contributed by atoms with E-state index in [9.17, 15) is 0 Å². The maximum Gasteiger partial charge on any atom is 0.0447 e. The van der Waals surface area contributed by atoms with E-state index in [2.05, 4.69) is 18.8 Å². The van der Waals surface area contributed by atoms with Crippen molar-refractivity contribution in [3.63, 3.8) is 0 Å². The molecule has 1 aromatic carbocycles. The second-order valence-electron chi connectivity index (χ2n) is 3.37. The van der Waals surface area contributed by atoms with Crippen molar-refractivity contribution < 1.29 is 0 Å². The zero-order chi connectivity index (χ0) is 10.4. The van der Waals surface area contributed by atoms with Crippen LogP contribution >= 0.6 is 11.6 Å². The van der Waals surface area contributed by atoms with Gasteiger partial charge in [0.1, 0.15) is 0 Å². The fourth-order valence-electron chi connectivity index (χ4n) is 1.10. The van der Waals surface area contributed by atoms with Crippen molar-refractivity contribution in [3.8, 4) is 11.8 Å². The molecule has 1 rings (SSSR count). The quantitative estimate of drug-likeness (QED) is 0.503. The van der Waals surface area contributed by atoms with E-state index in [4.69, 9.17) is 11.6 Å². The molecule has 0 nitrogen and oxygen atoms in total. The predicted molar refractivity (Wildman–Crippen MR) is 62.6 cm³/mol. The number of aryl methyl sites for hydroxylation is 1. The third-order valence-electron chi connectivity index (χ3n) is 2.06. The van der Waals surface area contributed by atoms with Crippen LogP contribution in [0.1, 0.15) is 37.3 Å². The van der Waals surface area contributed by atoms with Gasteiger partial charge in [-0.3, -0.25) is 0 Å². The second kappa shape index (κ2) is 5.73. The first kappa shape index (κ1) is 11.1. The minimum atomic E-state index is 0.798. The van der Waals surface area contributed by atoms with Gasteiger partial charge in [-0.05, 0) is 31.0 Å². The molecule has 0 bridgehead atoms. The summed E-state index contributed by atoms with van der Waals surface area (Å²) in [5.41, 5.74) is 2.11. The SMILES string of the molecule is CCCCC#Cc1ccc(C)c(Cl)c1. The highest BCUT2D eigenvalue weighted by molar-refractivity contribution is 6.31. The molecule has 0 amide bonds. The second-order valence-corrected chi connectivity index (χ2v) is 3.78. The Labute approximate surface area is 91.3 Å². The van der Waals surface area contributed by atoms with Crippen molar-refractivity contribution in [1.29, 1.82) is 0 Å². The van der Waals surface area contributed by atoms with Crippen LogP contribution in [0.25, 0.3) is 0 Å². The normalized spacial score (nSPS) is 9.36. The van der Waals surface area contributed by atoms with Crippen molar-refractivity contribution in [3.05, 3.63) is 34.3 Å². The first-order valence-electron chi connectivity index (χ1n) is 4.99.